The Morgan fingerprint density at radius 3 is 2.67 bits per heavy atom. The molecule has 2 nitrogen and oxygen atoms in total. The fraction of sp³-hybridized carbons (Fsp3) is 0.684. The highest BCUT2D eigenvalue weighted by molar-refractivity contribution is 5.18. The summed E-state index contributed by atoms with van der Waals surface area (Å²) in [5, 5.41) is 3.56. The molecule has 0 amide bonds. The van der Waals surface area contributed by atoms with Crippen molar-refractivity contribution in [1.29, 1.82) is 0 Å². The van der Waals surface area contributed by atoms with Crippen LogP contribution in [0.3, 0.4) is 0 Å². The highest BCUT2D eigenvalue weighted by Crippen LogP contribution is 2.30. The Bertz CT molecular complexity index is 407. The van der Waals surface area contributed by atoms with E-state index in [4.69, 9.17) is 0 Å². The third-order valence-electron chi connectivity index (χ3n) is 5.17. The quantitative estimate of drug-likeness (QED) is 0.823. The number of hydrogen-bond donors (Lipinski definition) is 1. The highest BCUT2D eigenvalue weighted by atomic mass is 15.2. The average molecular weight is 286 g/mol. The summed E-state index contributed by atoms with van der Waals surface area (Å²) in [7, 11) is 0. The molecule has 1 aromatic carbocycles. The zero-order chi connectivity index (χ0) is 14.5. The maximum Gasteiger partial charge on any atom is 0.00965 e. The molecule has 2 atom stereocenters. The van der Waals surface area contributed by atoms with E-state index in [9.17, 15) is 0 Å². The van der Waals surface area contributed by atoms with Gasteiger partial charge in [-0.25, -0.2) is 0 Å². The smallest absolute Gasteiger partial charge is 0.00965 e. The van der Waals surface area contributed by atoms with Crippen molar-refractivity contribution in [2.75, 3.05) is 26.2 Å². The topological polar surface area (TPSA) is 15.3 Å². The van der Waals surface area contributed by atoms with Crippen LogP contribution in [-0.2, 0) is 0 Å². The van der Waals surface area contributed by atoms with Gasteiger partial charge >= 0.3 is 0 Å². The fourth-order valence-corrected chi connectivity index (χ4v) is 3.58. The SMILES string of the molecule is CC(CCN(CC1CCCNC1)C1CC1)c1ccccc1. The lowest BCUT2D eigenvalue weighted by molar-refractivity contribution is 0.195. The van der Waals surface area contributed by atoms with Crippen LogP contribution >= 0.6 is 0 Å². The second-order valence-corrected chi connectivity index (χ2v) is 7.04. The van der Waals surface area contributed by atoms with Crippen molar-refractivity contribution in [3.05, 3.63) is 35.9 Å². The summed E-state index contributed by atoms with van der Waals surface area (Å²) >= 11 is 0. The van der Waals surface area contributed by atoms with Gasteiger partial charge in [0.1, 0.15) is 0 Å². The summed E-state index contributed by atoms with van der Waals surface area (Å²) in [4.78, 5) is 2.79. The maximum absolute atomic E-state index is 3.56. The van der Waals surface area contributed by atoms with Crippen LogP contribution in [0.4, 0.5) is 0 Å². The lowest BCUT2D eigenvalue weighted by Gasteiger charge is -2.31. The molecule has 21 heavy (non-hydrogen) atoms. The first-order valence-corrected chi connectivity index (χ1v) is 8.82. The molecule has 1 aromatic rings. The molecule has 0 aromatic heterocycles. The molecule has 2 heteroatoms. The van der Waals surface area contributed by atoms with E-state index in [1.54, 1.807) is 0 Å². The Kier molecular flexibility index (Phi) is 5.32. The minimum Gasteiger partial charge on any atom is -0.316 e. The van der Waals surface area contributed by atoms with Crippen LogP contribution in [0.2, 0.25) is 0 Å². The second-order valence-electron chi connectivity index (χ2n) is 7.04. The summed E-state index contributed by atoms with van der Waals surface area (Å²) in [5.41, 5.74) is 1.49. The summed E-state index contributed by atoms with van der Waals surface area (Å²) in [6.45, 7) is 7.43. The van der Waals surface area contributed by atoms with E-state index in [-0.39, 0.29) is 0 Å². The van der Waals surface area contributed by atoms with Crippen LogP contribution in [0.1, 0.15) is 50.5 Å². The Hall–Kier alpha value is -0.860. The molecule has 2 unspecified atom stereocenters. The summed E-state index contributed by atoms with van der Waals surface area (Å²) in [6.07, 6.45) is 6.94. The van der Waals surface area contributed by atoms with Crippen LogP contribution in [0.15, 0.2) is 30.3 Å². The van der Waals surface area contributed by atoms with E-state index in [2.05, 4.69) is 47.5 Å². The first-order valence-electron chi connectivity index (χ1n) is 8.82. The first-order chi connectivity index (χ1) is 10.3. The minimum atomic E-state index is 0.678. The molecule has 1 aliphatic carbocycles. The van der Waals surface area contributed by atoms with Gasteiger partial charge in [0, 0.05) is 12.6 Å². The zero-order valence-corrected chi connectivity index (χ0v) is 13.4. The van der Waals surface area contributed by atoms with Crippen molar-refractivity contribution in [2.45, 2.75) is 51.0 Å². The standard InChI is InChI=1S/C19H30N2/c1-16(18-7-3-2-4-8-18)11-13-21(19-9-10-19)15-17-6-5-12-20-14-17/h2-4,7-8,16-17,19-20H,5-6,9-15H2,1H3. The predicted octanol–water partition coefficient (Wildman–Crippen LogP) is 3.64. The lowest BCUT2D eigenvalue weighted by Crippen LogP contribution is -2.39. The molecular formula is C19H30N2. The normalized spacial score (nSPS) is 24.2. The van der Waals surface area contributed by atoms with Crippen molar-refractivity contribution < 1.29 is 0 Å². The second kappa shape index (κ2) is 7.42. The number of nitrogens with zero attached hydrogens (tertiary/aromatic N) is 1. The number of hydrogen-bond acceptors (Lipinski definition) is 2. The number of nitrogens with one attached hydrogen (secondary N) is 1. The van der Waals surface area contributed by atoms with Gasteiger partial charge in [0.25, 0.3) is 0 Å². The molecule has 116 valence electrons. The summed E-state index contributed by atoms with van der Waals surface area (Å²) in [6, 6.07) is 11.9. The molecule has 0 radical (unpaired) electrons. The van der Waals surface area contributed by atoms with E-state index >= 15 is 0 Å². The van der Waals surface area contributed by atoms with Crippen molar-refractivity contribution in [2.24, 2.45) is 5.92 Å². The van der Waals surface area contributed by atoms with E-state index in [1.165, 1.54) is 63.8 Å². The molecule has 0 bridgehead atoms. The molecule has 1 saturated heterocycles. The third-order valence-corrected chi connectivity index (χ3v) is 5.17. The summed E-state index contributed by atoms with van der Waals surface area (Å²) < 4.78 is 0. The first kappa shape index (κ1) is 15.1. The molecule has 0 spiro atoms. The number of benzene rings is 1. The predicted molar refractivity (Wildman–Crippen MR) is 89.7 cm³/mol. The lowest BCUT2D eigenvalue weighted by atomic mass is 9.96. The molecule has 3 rings (SSSR count). The van der Waals surface area contributed by atoms with Gasteiger partial charge in [-0.1, -0.05) is 37.3 Å². The summed E-state index contributed by atoms with van der Waals surface area (Å²) in [5.74, 6) is 1.56. The van der Waals surface area contributed by atoms with Gasteiger partial charge in [0.05, 0.1) is 0 Å². The molecule has 1 heterocycles. The van der Waals surface area contributed by atoms with Gasteiger partial charge in [-0.05, 0) is 69.1 Å². The van der Waals surface area contributed by atoms with E-state index in [0.717, 1.165) is 12.0 Å². The van der Waals surface area contributed by atoms with Gasteiger partial charge in [-0.15, -0.1) is 0 Å². The van der Waals surface area contributed by atoms with Crippen LogP contribution in [0.5, 0.6) is 0 Å². The number of rotatable bonds is 7. The van der Waals surface area contributed by atoms with Gasteiger partial charge in [-0.3, -0.25) is 0 Å². The van der Waals surface area contributed by atoms with Crippen molar-refractivity contribution in [3.63, 3.8) is 0 Å². The van der Waals surface area contributed by atoms with E-state index < -0.39 is 0 Å². The van der Waals surface area contributed by atoms with Crippen molar-refractivity contribution in [1.82, 2.24) is 10.2 Å². The molecule has 1 saturated carbocycles. The van der Waals surface area contributed by atoms with E-state index in [0.29, 0.717) is 5.92 Å². The van der Waals surface area contributed by atoms with Crippen molar-refractivity contribution in [3.8, 4) is 0 Å². The average Bonchev–Trinajstić information content (AvgIpc) is 3.38. The van der Waals surface area contributed by atoms with Crippen LogP contribution < -0.4 is 5.32 Å². The Morgan fingerprint density at radius 2 is 2.00 bits per heavy atom. The van der Waals surface area contributed by atoms with Gasteiger partial charge in [0.15, 0.2) is 0 Å². The number of piperidine rings is 1. The maximum atomic E-state index is 3.56. The molecule has 1 N–H and O–H groups in total. The van der Waals surface area contributed by atoms with Crippen molar-refractivity contribution >= 4 is 0 Å². The van der Waals surface area contributed by atoms with Crippen LogP contribution in [-0.4, -0.2) is 37.1 Å². The Morgan fingerprint density at radius 1 is 1.19 bits per heavy atom. The molecule has 2 aliphatic rings. The van der Waals surface area contributed by atoms with Crippen LogP contribution in [0.25, 0.3) is 0 Å². The fourth-order valence-electron chi connectivity index (χ4n) is 3.58. The van der Waals surface area contributed by atoms with Gasteiger partial charge < -0.3 is 10.2 Å². The Balaban J connectivity index is 1.48. The van der Waals surface area contributed by atoms with Crippen LogP contribution in [0, 0.1) is 5.92 Å². The van der Waals surface area contributed by atoms with E-state index in [1.807, 2.05) is 0 Å². The minimum absolute atomic E-state index is 0.678. The Labute approximate surface area is 129 Å². The molecule has 2 fully saturated rings. The van der Waals surface area contributed by atoms with Gasteiger partial charge in [-0.2, -0.15) is 0 Å². The highest BCUT2D eigenvalue weighted by Gasteiger charge is 2.30. The monoisotopic (exact) mass is 286 g/mol. The molecular weight excluding hydrogens is 256 g/mol. The zero-order valence-electron chi connectivity index (χ0n) is 13.4. The largest absolute Gasteiger partial charge is 0.316 e. The third kappa shape index (κ3) is 4.55. The van der Waals surface area contributed by atoms with Gasteiger partial charge in [0.2, 0.25) is 0 Å². The molecule has 1 aliphatic heterocycles.